The van der Waals surface area contributed by atoms with Crippen molar-refractivity contribution < 1.29 is 4.79 Å². The van der Waals surface area contributed by atoms with Crippen LogP contribution in [0.15, 0.2) is 0 Å². The van der Waals surface area contributed by atoms with E-state index in [-0.39, 0.29) is 18.3 Å². The number of hydrogen-bond donors (Lipinski definition) is 1. The van der Waals surface area contributed by atoms with E-state index in [4.69, 9.17) is 0 Å². The molecule has 1 amide bonds. The summed E-state index contributed by atoms with van der Waals surface area (Å²) in [5.74, 6) is 0.674. The van der Waals surface area contributed by atoms with E-state index < -0.39 is 0 Å². The van der Waals surface area contributed by atoms with Gasteiger partial charge in [-0.1, -0.05) is 0 Å². The van der Waals surface area contributed by atoms with Crippen molar-refractivity contribution in [3.63, 3.8) is 0 Å². The number of hydrogen-bond acceptors (Lipinski definition) is 3. The topological polar surface area (TPSA) is 35.6 Å². The molecule has 0 aromatic rings. The number of nitrogens with zero attached hydrogens (tertiary/aromatic N) is 2. The minimum absolute atomic E-state index is 0. The van der Waals surface area contributed by atoms with Crippen LogP contribution in [0.2, 0.25) is 0 Å². The van der Waals surface area contributed by atoms with Crippen molar-refractivity contribution in [3.05, 3.63) is 0 Å². The lowest BCUT2D eigenvalue weighted by Crippen LogP contribution is -2.41. The molecule has 2 aliphatic rings. The monoisotopic (exact) mass is 261 g/mol. The first-order valence-electron chi connectivity index (χ1n) is 6.34. The summed E-state index contributed by atoms with van der Waals surface area (Å²) in [6.45, 7) is 3.88. The van der Waals surface area contributed by atoms with Gasteiger partial charge in [0, 0.05) is 25.0 Å². The molecule has 2 fully saturated rings. The number of nitrogens with one attached hydrogen (secondary N) is 1. The third kappa shape index (κ3) is 3.57. The van der Waals surface area contributed by atoms with E-state index >= 15 is 0 Å². The zero-order valence-corrected chi connectivity index (χ0v) is 11.6. The molecule has 0 aliphatic carbocycles. The van der Waals surface area contributed by atoms with Crippen LogP contribution in [0.1, 0.15) is 19.3 Å². The van der Waals surface area contributed by atoms with Gasteiger partial charge >= 0.3 is 0 Å². The van der Waals surface area contributed by atoms with Crippen molar-refractivity contribution >= 4 is 18.3 Å². The van der Waals surface area contributed by atoms with Gasteiger partial charge in [-0.15, -0.1) is 12.4 Å². The molecular weight excluding hydrogens is 238 g/mol. The van der Waals surface area contributed by atoms with Crippen molar-refractivity contribution in [2.24, 2.45) is 5.92 Å². The molecule has 0 spiro atoms. The first kappa shape index (κ1) is 14.7. The smallest absolute Gasteiger partial charge is 0.225 e. The van der Waals surface area contributed by atoms with Crippen molar-refractivity contribution in [2.75, 3.05) is 40.3 Å². The average Bonchev–Trinajstić information content (AvgIpc) is 2.78. The lowest BCUT2D eigenvalue weighted by Gasteiger charge is -2.27. The summed E-state index contributed by atoms with van der Waals surface area (Å²) in [5.41, 5.74) is 0. The summed E-state index contributed by atoms with van der Waals surface area (Å²) < 4.78 is 0. The normalized spacial score (nSPS) is 26.1. The van der Waals surface area contributed by atoms with Crippen molar-refractivity contribution in [1.82, 2.24) is 15.1 Å². The molecular formula is C12H24ClN3O. The molecule has 1 atom stereocenters. The first-order valence-corrected chi connectivity index (χ1v) is 6.34. The Morgan fingerprint density at radius 1 is 1.24 bits per heavy atom. The molecule has 0 aromatic carbocycles. The van der Waals surface area contributed by atoms with Gasteiger partial charge in [0.15, 0.2) is 0 Å². The number of amides is 1. The van der Waals surface area contributed by atoms with Crippen molar-refractivity contribution in [1.29, 1.82) is 0 Å². The molecule has 2 saturated heterocycles. The van der Waals surface area contributed by atoms with Crippen LogP contribution in [-0.4, -0.2) is 62.0 Å². The molecule has 2 heterocycles. The summed E-state index contributed by atoms with van der Waals surface area (Å²) >= 11 is 0. The number of halogens is 1. The highest BCUT2D eigenvalue weighted by molar-refractivity contribution is 5.85. The van der Waals surface area contributed by atoms with Crippen molar-refractivity contribution in [2.45, 2.75) is 25.3 Å². The molecule has 0 aromatic heterocycles. The third-order valence-corrected chi connectivity index (χ3v) is 3.89. The van der Waals surface area contributed by atoms with E-state index in [9.17, 15) is 4.79 Å². The molecule has 2 aliphatic heterocycles. The second kappa shape index (κ2) is 6.57. The van der Waals surface area contributed by atoms with E-state index in [0.717, 1.165) is 45.4 Å². The van der Waals surface area contributed by atoms with Crippen LogP contribution in [0.3, 0.4) is 0 Å². The molecule has 0 radical (unpaired) electrons. The quantitative estimate of drug-likeness (QED) is 0.790. The Balaban J connectivity index is 0.00000144. The summed E-state index contributed by atoms with van der Waals surface area (Å²) in [5, 5.41) is 3.31. The van der Waals surface area contributed by atoms with Crippen LogP contribution in [0.4, 0.5) is 0 Å². The largest absolute Gasteiger partial charge is 0.341 e. The molecule has 0 saturated carbocycles. The number of likely N-dealkylation sites (tertiary alicyclic amines) is 1. The minimum atomic E-state index is 0. The lowest BCUT2D eigenvalue weighted by atomic mass is 9.97. The Morgan fingerprint density at radius 3 is 2.41 bits per heavy atom. The number of carbonyl (C=O) groups excluding carboxylic acids is 1. The maximum Gasteiger partial charge on any atom is 0.225 e. The molecule has 17 heavy (non-hydrogen) atoms. The van der Waals surface area contributed by atoms with Gasteiger partial charge in [-0.05, 0) is 46.4 Å². The Kier molecular flexibility index (Phi) is 5.70. The van der Waals surface area contributed by atoms with E-state index in [1.807, 2.05) is 0 Å². The second-order valence-electron chi connectivity index (χ2n) is 5.21. The van der Waals surface area contributed by atoms with Crippen molar-refractivity contribution in [3.8, 4) is 0 Å². The van der Waals surface area contributed by atoms with Crippen LogP contribution in [0.5, 0.6) is 0 Å². The fourth-order valence-corrected chi connectivity index (χ4v) is 2.69. The van der Waals surface area contributed by atoms with Crippen LogP contribution in [0.25, 0.3) is 0 Å². The Morgan fingerprint density at radius 2 is 1.88 bits per heavy atom. The zero-order valence-electron chi connectivity index (χ0n) is 10.8. The van der Waals surface area contributed by atoms with Crippen LogP contribution in [0, 0.1) is 5.92 Å². The molecule has 1 unspecified atom stereocenters. The standard InChI is InChI=1S/C12H23N3O.ClH/c1-14(2)11-5-8-15(9-11)12(16)10-3-6-13-7-4-10;/h10-11,13H,3-9H2,1-2H3;1H. The zero-order chi connectivity index (χ0) is 11.5. The maximum atomic E-state index is 12.2. The van der Waals surface area contributed by atoms with Gasteiger partial charge in [0.25, 0.3) is 0 Å². The van der Waals surface area contributed by atoms with Gasteiger partial charge in [-0.3, -0.25) is 4.79 Å². The van der Waals surface area contributed by atoms with Crippen LogP contribution in [-0.2, 0) is 4.79 Å². The summed E-state index contributed by atoms with van der Waals surface area (Å²) in [4.78, 5) is 16.6. The summed E-state index contributed by atoms with van der Waals surface area (Å²) in [6, 6.07) is 0.561. The maximum absolute atomic E-state index is 12.2. The second-order valence-corrected chi connectivity index (χ2v) is 5.21. The fraction of sp³-hybridized carbons (Fsp3) is 0.917. The van der Waals surface area contributed by atoms with E-state index in [2.05, 4.69) is 29.2 Å². The van der Waals surface area contributed by atoms with Gasteiger partial charge < -0.3 is 15.1 Å². The Bertz CT molecular complexity index is 254. The number of carbonyl (C=O) groups is 1. The molecule has 100 valence electrons. The van der Waals surface area contributed by atoms with Crippen LogP contribution >= 0.6 is 12.4 Å². The Labute approximate surface area is 110 Å². The SMILES string of the molecule is CN(C)C1CCN(C(=O)C2CCNCC2)C1.Cl. The first-order chi connectivity index (χ1) is 7.68. The summed E-state index contributed by atoms with van der Waals surface area (Å²) in [7, 11) is 4.20. The highest BCUT2D eigenvalue weighted by atomic mass is 35.5. The predicted octanol–water partition coefficient (Wildman–Crippen LogP) is 0.570. The minimum Gasteiger partial charge on any atom is -0.341 e. The highest BCUT2D eigenvalue weighted by Crippen LogP contribution is 2.20. The fourth-order valence-electron chi connectivity index (χ4n) is 2.69. The van der Waals surface area contributed by atoms with E-state index in [0.29, 0.717) is 11.9 Å². The Hall–Kier alpha value is -0.320. The summed E-state index contributed by atoms with van der Waals surface area (Å²) in [6.07, 6.45) is 3.16. The van der Waals surface area contributed by atoms with Gasteiger partial charge in [0.2, 0.25) is 5.91 Å². The van der Waals surface area contributed by atoms with E-state index in [1.165, 1.54) is 0 Å². The molecule has 4 nitrogen and oxygen atoms in total. The lowest BCUT2D eigenvalue weighted by molar-refractivity contribution is -0.135. The van der Waals surface area contributed by atoms with Gasteiger partial charge in [0.1, 0.15) is 0 Å². The molecule has 0 bridgehead atoms. The molecule has 2 rings (SSSR count). The van der Waals surface area contributed by atoms with Crippen LogP contribution < -0.4 is 5.32 Å². The molecule has 1 N–H and O–H groups in total. The predicted molar refractivity (Wildman–Crippen MR) is 71.5 cm³/mol. The molecule has 5 heteroatoms. The van der Waals surface area contributed by atoms with Gasteiger partial charge in [-0.2, -0.15) is 0 Å². The highest BCUT2D eigenvalue weighted by Gasteiger charge is 2.31. The number of likely N-dealkylation sites (N-methyl/N-ethyl adjacent to an activating group) is 1. The van der Waals surface area contributed by atoms with E-state index in [1.54, 1.807) is 0 Å². The third-order valence-electron chi connectivity index (χ3n) is 3.89. The number of rotatable bonds is 2. The average molecular weight is 262 g/mol. The number of piperidine rings is 1. The van der Waals surface area contributed by atoms with Gasteiger partial charge in [0.05, 0.1) is 0 Å². The van der Waals surface area contributed by atoms with Gasteiger partial charge in [-0.25, -0.2) is 0 Å².